The van der Waals surface area contributed by atoms with Gasteiger partial charge in [0, 0.05) is 36.9 Å². The third kappa shape index (κ3) is 3.04. The van der Waals surface area contributed by atoms with Crippen LogP contribution in [0, 0.1) is 0 Å². The molecule has 0 bridgehead atoms. The number of nitrogens with one attached hydrogen (secondary N) is 1. The highest BCUT2D eigenvalue weighted by molar-refractivity contribution is 6.06. The molecule has 23 heavy (non-hydrogen) atoms. The van der Waals surface area contributed by atoms with E-state index in [4.69, 9.17) is 4.74 Å². The van der Waals surface area contributed by atoms with Gasteiger partial charge in [-0.2, -0.15) is 0 Å². The summed E-state index contributed by atoms with van der Waals surface area (Å²) in [6.45, 7) is 2.96. The summed E-state index contributed by atoms with van der Waals surface area (Å²) in [5, 5.41) is 3.81. The van der Waals surface area contributed by atoms with Crippen molar-refractivity contribution in [3.63, 3.8) is 0 Å². The molecular weight excluding hydrogens is 290 g/mol. The second-order valence-corrected chi connectivity index (χ2v) is 5.25. The van der Waals surface area contributed by atoms with E-state index in [9.17, 15) is 4.79 Å². The van der Waals surface area contributed by atoms with E-state index >= 15 is 0 Å². The average Bonchev–Trinajstić information content (AvgIpc) is 2.92. The lowest BCUT2D eigenvalue weighted by Crippen LogP contribution is -2.23. The van der Waals surface area contributed by atoms with Crippen LogP contribution in [0.5, 0.6) is 5.75 Å². The molecule has 0 aliphatic heterocycles. The Bertz CT molecular complexity index is 839. The predicted molar refractivity (Wildman–Crippen MR) is 89.5 cm³/mol. The third-order valence-corrected chi connectivity index (χ3v) is 3.69. The number of hydrogen-bond acceptors (Lipinski definition) is 3. The van der Waals surface area contributed by atoms with E-state index in [0.29, 0.717) is 18.7 Å². The van der Waals surface area contributed by atoms with E-state index < -0.39 is 0 Å². The number of pyridine rings is 1. The number of rotatable bonds is 5. The van der Waals surface area contributed by atoms with Crippen LogP contribution >= 0.6 is 0 Å². The molecule has 0 spiro atoms. The third-order valence-electron chi connectivity index (χ3n) is 3.69. The van der Waals surface area contributed by atoms with Crippen LogP contribution in [0.3, 0.4) is 0 Å². The SMILES string of the molecule is CCOc1ccccc1CNC(=O)c1cn(C)c2ncccc12. The first-order chi connectivity index (χ1) is 11.2. The Morgan fingerprint density at radius 2 is 2.09 bits per heavy atom. The van der Waals surface area contributed by atoms with Crippen molar-refractivity contribution in [2.45, 2.75) is 13.5 Å². The van der Waals surface area contributed by atoms with E-state index in [1.165, 1.54) is 0 Å². The average molecular weight is 309 g/mol. The number of aryl methyl sites for hydroxylation is 1. The molecule has 2 heterocycles. The Kier molecular flexibility index (Phi) is 4.28. The van der Waals surface area contributed by atoms with Gasteiger partial charge in [0.2, 0.25) is 0 Å². The molecule has 2 aromatic heterocycles. The lowest BCUT2D eigenvalue weighted by atomic mass is 10.1. The molecule has 3 aromatic rings. The molecule has 0 atom stereocenters. The van der Waals surface area contributed by atoms with Gasteiger partial charge in [-0.15, -0.1) is 0 Å². The fourth-order valence-electron chi connectivity index (χ4n) is 2.61. The first-order valence-corrected chi connectivity index (χ1v) is 7.59. The van der Waals surface area contributed by atoms with E-state index in [2.05, 4.69) is 10.3 Å². The van der Waals surface area contributed by atoms with Gasteiger partial charge in [0.1, 0.15) is 11.4 Å². The second-order valence-electron chi connectivity index (χ2n) is 5.25. The van der Waals surface area contributed by atoms with Crippen LogP contribution in [-0.4, -0.2) is 22.1 Å². The standard InChI is InChI=1S/C18H19N3O2/c1-3-23-16-9-5-4-7-13(16)11-20-18(22)15-12-21(2)17-14(15)8-6-10-19-17/h4-10,12H,3,11H2,1-2H3,(H,20,22). The summed E-state index contributed by atoms with van der Waals surface area (Å²) in [5.41, 5.74) is 2.39. The Balaban J connectivity index is 1.80. The molecule has 1 aromatic carbocycles. The molecule has 1 N–H and O–H groups in total. The Labute approximate surface area is 134 Å². The van der Waals surface area contributed by atoms with Crippen LogP contribution in [0.25, 0.3) is 11.0 Å². The molecule has 3 rings (SSSR count). The van der Waals surface area contributed by atoms with Crippen molar-refractivity contribution in [2.24, 2.45) is 7.05 Å². The number of amides is 1. The lowest BCUT2D eigenvalue weighted by molar-refractivity contribution is 0.0952. The Morgan fingerprint density at radius 1 is 1.26 bits per heavy atom. The number of carbonyl (C=O) groups is 1. The summed E-state index contributed by atoms with van der Waals surface area (Å²) in [4.78, 5) is 16.8. The molecule has 0 aliphatic rings. The van der Waals surface area contributed by atoms with Gasteiger partial charge in [0.15, 0.2) is 0 Å². The fourth-order valence-corrected chi connectivity index (χ4v) is 2.61. The van der Waals surface area contributed by atoms with Gasteiger partial charge in [-0.1, -0.05) is 18.2 Å². The van der Waals surface area contributed by atoms with Gasteiger partial charge >= 0.3 is 0 Å². The maximum Gasteiger partial charge on any atom is 0.253 e. The highest BCUT2D eigenvalue weighted by Crippen LogP contribution is 2.20. The second kappa shape index (κ2) is 6.52. The van der Waals surface area contributed by atoms with Crippen molar-refractivity contribution < 1.29 is 9.53 Å². The number of fused-ring (bicyclic) bond motifs is 1. The largest absolute Gasteiger partial charge is 0.494 e. The first-order valence-electron chi connectivity index (χ1n) is 7.59. The molecule has 0 aliphatic carbocycles. The summed E-state index contributed by atoms with van der Waals surface area (Å²) in [6, 6.07) is 11.5. The predicted octanol–water partition coefficient (Wildman–Crippen LogP) is 2.90. The molecule has 5 heteroatoms. The van der Waals surface area contributed by atoms with Gasteiger partial charge in [0.05, 0.1) is 12.2 Å². The minimum atomic E-state index is -0.116. The van der Waals surface area contributed by atoms with Gasteiger partial charge < -0.3 is 14.6 Å². The van der Waals surface area contributed by atoms with Crippen LogP contribution in [0.1, 0.15) is 22.8 Å². The van der Waals surface area contributed by atoms with Gasteiger partial charge in [-0.25, -0.2) is 4.98 Å². The minimum absolute atomic E-state index is 0.116. The van der Waals surface area contributed by atoms with Crippen molar-refractivity contribution in [1.29, 1.82) is 0 Å². The number of carbonyl (C=O) groups excluding carboxylic acids is 1. The molecule has 1 amide bonds. The fraction of sp³-hybridized carbons (Fsp3) is 0.222. The van der Waals surface area contributed by atoms with Gasteiger partial charge in [-0.05, 0) is 25.1 Å². The van der Waals surface area contributed by atoms with E-state index in [0.717, 1.165) is 22.3 Å². The van der Waals surface area contributed by atoms with Crippen LogP contribution < -0.4 is 10.1 Å². The summed E-state index contributed by atoms with van der Waals surface area (Å²) in [6.07, 6.45) is 3.53. The zero-order valence-electron chi connectivity index (χ0n) is 13.2. The van der Waals surface area contributed by atoms with Crippen molar-refractivity contribution in [3.8, 4) is 5.75 Å². The summed E-state index contributed by atoms with van der Waals surface area (Å²) in [5.74, 6) is 0.685. The summed E-state index contributed by atoms with van der Waals surface area (Å²) < 4.78 is 7.44. The van der Waals surface area contributed by atoms with Gasteiger partial charge in [0.25, 0.3) is 5.91 Å². The van der Waals surface area contributed by atoms with Crippen molar-refractivity contribution >= 4 is 16.9 Å². The molecule has 0 unspecified atom stereocenters. The topological polar surface area (TPSA) is 56.1 Å². The van der Waals surface area contributed by atoms with Gasteiger partial charge in [-0.3, -0.25) is 4.79 Å². The highest BCUT2D eigenvalue weighted by Gasteiger charge is 2.14. The quantitative estimate of drug-likeness (QED) is 0.788. The number of ether oxygens (including phenoxy) is 1. The van der Waals surface area contributed by atoms with Crippen molar-refractivity contribution in [2.75, 3.05) is 6.61 Å². The molecule has 0 radical (unpaired) electrons. The van der Waals surface area contributed by atoms with E-state index in [1.54, 1.807) is 12.4 Å². The lowest BCUT2D eigenvalue weighted by Gasteiger charge is -2.10. The zero-order valence-corrected chi connectivity index (χ0v) is 13.2. The van der Waals surface area contributed by atoms with E-state index in [1.807, 2.05) is 54.9 Å². The van der Waals surface area contributed by atoms with E-state index in [-0.39, 0.29) is 5.91 Å². The summed E-state index contributed by atoms with van der Waals surface area (Å²) in [7, 11) is 1.89. The number of benzene rings is 1. The van der Waals surface area contributed by atoms with Crippen LogP contribution in [0.2, 0.25) is 0 Å². The molecular formula is C18H19N3O2. The Hall–Kier alpha value is -2.82. The monoisotopic (exact) mass is 309 g/mol. The molecule has 0 saturated carbocycles. The zero-order chi connectivity index (χ0) is 16.2. The number of para-hydroxylation sites is 1. The molecule has 118 valence electrons. The maximum atomic E-state index is 12.5. The first kappa shape index (κ1) is 15.1. The van der Waals surface area contributed by atoms with Crippen molar-refractivity contribution in [1.82, 2.24) is 14.9 Å². The maximum absolute atomic E-state index is 12.5. The molecule has 0 fully saturated rings. The number of hydrogen-bond donors (Lipinski definition) is 1. The van der Waals surface area contributed by atoms with Crippen LogP contribution in [-0.2, 0) is 13.6 Å². The van der Waals surface area contributed by atoms with Crippen LogP contribution in [0.15, 0.2) is 48.8 Å². The number of aromatic nitrogens is 2. The molecule has 0 saturated heterocycles. The normalized spacial score (nSPS) is 10.7. The van der Waals surface area contributed by atoms with Crippen molar-refractivity contribution in [3.05, 3.63) is 59.9 Å². The van der Waals surface area contributed by atoms with Crippen LogP contribution in [0.4, 0.5) is 0 Å². The highest BCUT2D eigenvalue weighted by atomic mass is 16.5. The smallest absolute Gasteiger partial charge is 0.253 e. The number of nitrogens with zero attached hydrogens (tertiary/aromatic N) is 2. The molecule has 5 nitrogen and oxygen atoms in total. The minimum Gasteiger partial charge on any atom is -0.494 e. The summed E-state index contributed by atoms with van der Waals surface area (Å²) >= 11 is 0. The Morgan fingerprint density at radius 3 is 2.91 bits per heavy atom.